The molecule has 1 aliphatic heterocycles. The van der Waals surface area contributed by atoms with Crippen LogP contribution in [0.4, 0.5) is 17.1 Å². The predicted octanol–water partition coefficient (Wildman–Crippen LogP) is 5.47. The summed E-state index contributed by atoms with van der Waals surface area (Å²) in [5, 5.41) is 0. The smallest absolute Gasteiger partial charge is 0.496 e. The average molecular weight is 431 g/mol. The lowest BCUT2D eigenvalue weighted by molar-refractivity contribution is 0.00578. The van der Waals surface area contributed by atoms with Crippen molar-refractivity contribution in [3.8, 4) is 11.5 Å². The Morgan fingerprint density at radius 3 is 1.53 bits per heavy atom. The number of anilines is 3. The van der Waals surface area contributed by atoms with Gasteiger partial charge in [0.1, 0.15) is 11.5 Å². The molecule has 0 aromatic heterocycles. The Morgan fingerprint density at radius 2 is 1.09 bits per heavy atom. The summed E-state index contributed by atoms with van der Waals surface area (Å²) in [6.07, 6.45) is 0. The van der Waals surface area contributed by atoms with Gasteiger partial charge in [-0.2, -0.15) is 0 Å². The van der Waals surface area contributed by atoms with Crippen LogP contribution in [0.3, 0.4) is 0 Å². The zero-order valence-corrected chi connectivity index (χ0v) is 19.6. The fourth-order valence-corrected chi connectivity index (χ4v) is 3.75. The molecule has 0 N–H and O–H groups in total. The maximum Gasteiger partial charge on any atom is 0.496 e. The first-order valence-corrected chi connectivity index (χ1v) is 10.8. The lowest BCUT2D eigenvalue weighted by Crippen LogP contribution is -2.41. The number of hydrogen-bond donors (Lipinski definition) is 0. The Balaban J connectivity index is 1.83. The number of benzene rings is 3. The highest BCUT2D eigenvalue weighted by atomic mass is 16.7. The molecule has 1 aliphatic rings. The van der Waals surface area contributed by atoms with Gasteiger partial charge in [-0.1, -0.05) is 18.2 Å². The number of ether oxygens (including phenoxy) is 2. The first-order chi connectivity index (χ1) is 15.3. The van der Waals surface area contributed by atoms with Crippen molar-refractivity contribution in [2.75, 3.05) is 19.1 Å². The Morgan fingerprint density at radius 1 is 0.656 bits per heavy atom. The van der Waals surface area contributed by atoms with Crippen LogP contribution >= 0.6 is 0 Å². The van der Waals surface area contributed by atoms with Crippen LogP contribution in [0.5, 0.6) is 11.5 Å². The summed E-state index contributed by atoms with van der Waals surface area (Å²) in [5.41, 5.74) is 3.12. The molecule has 0 bridgehead atoms. The summed E-state index contributed by atoms with van der Waals surface area (Å²) >= 11 is 0. The number of methoxy groups -OCH3 is 2. The predicted molar refractivity (Wildman–Crippen MR) is 130 cm³/mol. The minimum Gasteiger partial charge on any atom is -0.497 e. The molecular formula is C26H30BNO4. The topological polar surface area (TPSA) is 40.2 Å². The van der Waals surface area contributed by atoms with Crippen LogP contribution in [0.25, 0.3) is 0 Å². The third-order valence-electron chi connectivity index (χ3n) is 6.35. The van der Waals surface area contributed by atoms with E-state index in [1.54, 1.807) is 14.2 Å². The third-order valence-corrected chi connectivity index (χ3v) is 6.35. The van der Waals surface area contributed by atoms with Crippen LogP contribution in [0.2, 0.25) is 0 Å². The van der Waals surface area contributed by atoms with E-state index in [4.69, 9.17) is 18.8 Å². The maximum atomic E-state index is 6.40. The van der Waals surface area contributed by atoms with Crippen molar-refractivity contribution < 1.29 is 18.8 Å². The van der Waals surface area contributed by atoms with Crippen LogP contribution in [0.15, 0.2) is 72.8 Å². The molecule has 0 unspecified atom stereocenters. The SMILES string of the molecule is COc1ccc(N(c2ccc(OC)cc2)c2ccccc2B2OC(C)(C)C(C)(C)O2)cc1. The van der Waals surface area contributed by atoms with Crippen molar-refractivity contribution in [2.24, 2.45) is 0 Å². The average Bonchev–Trinajstić information content (AvgIpc) is 3.02. The fourth-order valence-electron chi connectivity index (χ4n) is 3.75. The van der Waals surface area contributed by atoms with Gasteiger partial charge in [0, 0.05) is 22.5 Å². The van der Waals surface area contributed by atoms with Gasteiger partial charge in [0.2, 0.25) is 0 Å². The summed E-state index contributed by atoms with van der Waals surface area (Å²) in [7, 11) is 2.86. The molecule has 0 radical (unpaired) electrons. The molecule has 3 aromatic carbocycles. The molecule has 1 saturated heterocycles. The molecule has 0 saturated carbocycles. The lowest BCUT2D eigenvalue weighted by Gasteiger charge is -2.32. The number of rotatable bonds is 6. The molecule has 5 nitrogen and oxygen atoms in total. The van der Waals surface area contributed by atoms with Gasteiger partial charge in [-0.05, 0) is 82.3 Å². The van der Waals surface area contributed by atoms with Crippen molar-refractivity contribution in [1.29, 1.82) is 0 Å². The van der Waals surface area contributed by atoms with Gasteiger partial charge >= 0.3 is 7.12 Å². The van der Waals surface area contributed by atoms with E-state index in [-0.39, 0.29) is 0 Å². The van der Waals surface area contributed by atoms with Crippen molar-refractivity contribution in [3.05, 3.63) is 72.8 Å². The van der Waals surface area contributed by atoms with E-state index in [0.717, 1.165) is 34.0 Å². The van der Waals surface area contributed by atoms with Crippen molar-refractivity contribution in [1.82, 2.24) is 0 Å². The van der Waals surface area contributed by atoms with Crippen LogP contribution in [-0.4, -0.2) is 32.5 Å². The fraction of sp³-hybridized carbons (Fsp3) is 0.308. The molecule has 3 aromatic rings. The van der Waals surface area contributed by atoms with E-state index < -0.39 is 18.3 Å². The molecular weight excluding hydrogens is 401 g/mol. The number of hydrogen-bond acceptors (Lipinski definition) is 5. The van der Waals surface area contributed by atoms with Gasteiger partial charge < -0.3 is 23.7 Å². The summed E-state index contributed by atoms with van der Waals surface area (Å²) < 4.78 is 23.5. The van der Waals surface area contributed by atoms with Crippen LogP contribution in [0.1, 0.15) is 27.7 Å². The minimum atomic E-state index is -0.477. The first kappa shape index (κ1) is 22.2. The molecule has 0 aliphatic carbocycles. The largest absolute Gasteiger partial charge is 0.497 e. The summed E-state index contributed by atoms with van der Waals surface area (Å²) in [6.45, 7) is 8.28. The Labute approximate surface area is 191 Å². The van der Waals surface area contributed by atoms with Crippen molar-refractivity contribution >= 4 is 29.6 Å². The summed E-state index contributed by atoms with van der Waals surface area (Å²) in [6, 6.07) is 24.2. The van der Waals surface area contributed by atoms with E-state index in [1.807, 2.05) is 60.7 Å². The van der Waals surface area contributed by atoms with Gasteiger partial charge in [-0.25, -0.2) is 0 Å². The highest BCUT2D eigenvalue weighted by molar-refractivity contribution is 6.64. The van der Waals surface area contributed by atoms with Gasteiger partial charge in [-0.3, -0.25) is 0 Å². The Kier molecular flexibility index (Phi) is 5.93. The molecule has 6 heteroatoms. The molecule has 4 rings (SSSR count). The van der Waals surface area contributed by atoms with Gasteiger partial charge in [0.25, 0.3) is 0 Å². The molecule has 1 fully saturated rings. The Bertz CT molecular complexity index is 1000. The van der Waals surface area contributed by atoms with Crippen molar-refractivity contribution in [3.63, 3.8) is 0 Å². The van der Waals surface area contributed by atoms with Gasteiger partial charge in [0.05, 0.1) is 25.4 Å². The zero-order valence-electron chi connectivity index (χ0n) is 19.6. The van der Waals surface area contributed by atoms with E-state index in [1.165, 1.54) is 0 Å². The first-order valence-electron chi connectivity index (χ1n) is 10.8. The van der Waals surface area contributed by atoms with Gasteiger partial charge in [0.15, 0.2) is 0 Å². The second-order valence-electron chi connectivity index (χ2n) is 8.88. The van der Waals surface area contributed by atoms with Gasteiger partial charge in [-0.15, -0.1) is 0 Å². The summed E-state index contributed by atoms with van der Waals surface area (Å²) in [4.78, 5) is 2.19. The molecule has 0 amide bonds. The number of para-hydroxylation sites is 1. The van der Waals surface area contributed by atoms with Crippen LogP contribution < -0.4 is 19.8 Å². The second kappa shape index (κ2) is 8.53. The summed E-state index contributed by atoms with van der Waals surface area (Å²) in [5.74, 6) is 1.62. The highest BCUT2D eigenvalue weighted by Crippen LogP contribution is 2.39. The Hall–Kier alpha value is -2.96. The molecule has 166 valence electrons. The zero-order chi connectivity index (χ0) is 22.9. The normalized spacial score (nSPS) is 16.6. The molecule has 0 spiro atoms. The minimum absolute atomic E-state index is 0.421. The number of nitrogens with zero attached hydrogens (tertiary/aromatic N) is 1. The van der Waals surface area contributed by atoms with Crippen LogP contribution in [-0.2, 0) is 9.31 Å². The van der Waals surface area contributed by atoms with Crippen LogP contribution in [0, 0.1) is 0 Å². The molecule has 1 heterocycles. The van der Waals surface area contributed by atoms with Crippen molar-refractivity contribution in [2.45, 2.75) is 38.9 Å². The highest BCUT2D eigenvalue weighted by Gasteiger charge is 2.52. The molecule has 0 atom stereocenters. The van der Waals surface area contributed by atoms with E-state index >= 15 is 0 Å². The quantitative estimate of drug-likeness (QED) is 0.484. The molecule has 32 heavy (non-hydrogen) atoms. The van der Waals surface area contributed by atoms with E-state index in [9.17, 15) is 0 Å². The standard InChI is InChI=1S/C26H30BNO4/c1-25(2)26(3,4)32-27(31-25)23-9-7-8-10-24(23)28(19-11-15-21(29-5)16-12-19)20-13-17-22(30-6)18-14-20/h7-18H,1-6H3. The maximum absolute atomic E-state index is 6.40. The van der Waals surface area contributed by atoms with E-state index in [2.05, 4.69) is 44.7 Å². The monoisotopic (exact) mass is 431 g/mol. The lowest BCUT2D eigenvalue weighted by atomic mass is 9.77. The van der Waals surface area contributed by atoms with E-state index in [0.29, 0.717) is 0 Å². The second-order valence-corrected chi connectivity index (χ2v) is 8.88. The third kappa shape index (κ3) is 4.08.